The van der Waals surface area contributed by atoms with Crippen molar-refractivity contribution in [3.05, 3.63) is 0 Å². The molecule has 4 unspecified atom stereocenters. The first kappa shape index (κ1) is 32.1. The second-order valence-corrected chi connectivity index (χ2v) is 8.71. The minimum atomic E-state index is -1.61. The molecule has 0 fully saturated rings. The lowest BCUT2D eigenvalue weighted by atomic mass is 10.1. The van der Waals surface area contributed by atoms with Crippen molar-refractivity contribution in [1.29, 1.82) is 0 Å². The Morgan fingerprint density at radius 1 is 0.771 bits per heavy atom. The Labute approximate surface area is 206 Å². The van der Waals surface area contributed by atoms with Crippen molar-refractivity contribution >= 4 is 47.4 Å². The number of thioether (sulfide) groups is 1. The highest BCUT2D eigenvalue weighted by Gasteiger charge is 2.31. The number of unbranched alkanes of at least 4 members (excludes halogenated alkanes) is 1. The number of aliphatic carboxylic acids is 3. The van der Waals surface area contributed by atoms with Crippen LogP contribution < -0.4 is 27.4 Å². The van der Waals surface area contributed by atoms with Crippen molar-refractivity contribution in [2.24, 2.45) is 11.5 Å². The van der Waals surface area contributed by atoms with Gasteiger partial charge in [0.2, 0.25) is 17.7 Å². The van der Waals surface area contributed by atoms with Crippen LogP contribution in [0.4, 0.5) is 0 Å². The van der Waals surface area contributed by atoms with Gasteiger partial charge in [0.25, 0.3) is 0 Å². The van der Waals surface area contributed by atoms with Crippen LogP contribution in [0, 0.1) is 0 Å². The van der Waals surface area contributed by atoms with Crippen molar-refractivity contribution < 1.29 is 44.1 Å². The molecular formula is C20H35N5O9S. The zero-order valence-electron chi connectivity index (χ0n) is 19.5. The van der Waals surface area contributed by atoms with Crippen LogP contribution in [0.3, 0.4) is 0 Å². The molecule has 0 bridgehead atoms. The van der Waals surface area contributed by atoms with Crippen LogP contribution in [0.2, 0.25) is 0 Å². The molecule has 15 heteroatoms. The minimum Gasteiger partial charge on any atom is -0.481 e. The Hall–Kier alpha value is -2.91. The largest absolute Gasteiger partial charge is 0.481 e. The molecule has 4 atom stereocenters. The van der Waals surface area contributed by atoms with Gasteiger partial charge in [0.1, 0.15) is 18.1 Å². The third-order valence-electron chi connectivity index (χ3n) is 4.82. The van der Waals surface area contributed by atoms with Crippen LogP contribution in [-0.2, 0) is 28.8 Å². The second kappa shape index (κ2) is 17.5. The zero-order chi connectivity index (χ0) is 27.0. The molecule has 14 nitrogen and oxygen atoms in total. The quantitative estimate of drug-likeness (QED) is 0.0865. The molecule has 10 N–H and O–H groups in total. The maximum atomic E-state index is 12.9. The molecule has 0 spiro atoms. The number of carbonyl (C=O) groups is 6. The van der Waals surface area contributed by atoms with E-state index < -0.39 is 66.2 Å². The molecule has 0 aliphatic carbocycles. The molecule has 0 aromatic carbocycles. The van der Waals surface area contributed by atoms with Gasteiger partial charge in [-0.05, 0) is 50.7 Å². The molecule has 0 aliphatic heterocycles. The van der Waals surface area contributed by atoms with Crippen LogP contribution in [0.15, 0.2) is 0 Å². The monoisotopic (exact) mass is 521 g/mol. The molecule has 0 aliphatic rings. The number of nitrogens with one attached hydrogen (secondary N) is 3. The van der Waals surface area contributed by atoms with Gasteiger partial charge in [-0.1, -0.05) is 0 Å². The van der Waals surface area contributed by atoms with E-state index in [-0.39, 0.29) is 25.7 Å². The van der Waals surface area contributed by atoms with Gasteiger partial charge in [-0.3, -0.25) is 24.0 Å². The molecule has 0 saturated carbocycles. The van der Waals surface area contributed by atoms with Gasteiger partial charge < -0.3 is 42.7 Å². The molecule has 3 amide bonds. The number of carbonyl (C=O) groups excluding carboxylic acids is 3. The molecule has 0 aromatic rings. The first-order valence-corrected chi connectivity index (χ1v) is 12.3. The standard InChI is InChI=1S/C20H35N5O9S/c1-35-9-7-13(20(33)34)24-19(32)14(10-16(28)29)25-18(31)12(4-2-3-8-21)23-17(30)11(22)5-6-15(26)27/h11-14H,2-10,21-22H2,1H3,(H,23,30)(H,24,32)(H,25,31)(H,26,27)(H,28,29)(H,33,34). The SMILES string of the molecule is CSCCC(NC(=O)C(CC(=O)O)NC(=O)C(CCCCN)NC(=O)C(N)CCC(=O)O)C(=O)O. The molecule has 0 rings (SSSR count). The van der Waals surface area contributed by atoms with Crippen LogP contribution >= 0.6 is 11.8 Å². The van der Waals surface area contributed by atoms with Gasteiger partial charge in [-0.2, -0.15) is 11.8 Å². The summed E-state index contributed by atoms with van der Waals surface area (Å²) in [6.07, 6.45) is 1.49. The molecule has 0 aromatic heterocycles. The summed E-state index contributed by atoms with van der Waals surface area (Å²) in [5, 5.41) is 34.1. The summed E-state index contributed by atoms with van der Waals surface area (Å²) in [5.41, 5.74) is 11.1. The van der Waals surface area contributed by atoms with Crippen LogP contribution in [0.1, 0.15) is 44.9 Å². The van der Waals surface area contributed by atoms with E-state index in [9.17, 15) is 33.9 Å². The highest BCUT2D eigenvalue weighted by molar-refractivity contribution is 7.98. The summed E-state index contributed by atoms with van der Waals surface area (Å²) in [4.78, 5) is 71.2. The van der Waals surface area contributed by atoms with E-state index in [0.717, 1.165) is 0 Å². The topological polar surface area (TPSA) is 251 Å². The summed E-state index contributed by atoms with van der Waals surface area (Å²) in [6.45, 7) is 0.317. The van der Waals surface area contributed by atoms with E-state index in [1.165, 1.54) is 11.8 Å². The number of hydrogen-bond acceptors (Lipinski definition) is 9. The third kappa shape index (κ3) is 14.2. The van der Waals surface area contributed by atoms with E-state index >= 15 is 0 Å². The van der Waals surface area contributed by atoms with Crippen molar-refractivity contribution in [2.75, 3.05) is 18.6 Å². The Balaban J connectivity index is 5.47. The van der Waals surface area contributed by atoms with Crippen LogP contribution in [0.5, 0.6) is 0 Å². The lowest BCUT2D eigenvalue weighted by Crippen LogP contribution is -2.57. The van der Waals surface area contributed by atoms with Gasteiger partial charge in [-0.15, -0.1) is 0 Å². The number of hydrogen-bond donors (Lipinski definition) is 8. The fourth-order valence-corrected chi connectivity index (χ4v) is 3.34. The summed E-state index contributed by atoms with van der Waals surface area (Å²) in [7, 11) is 0. The number of carboxylic acid groups (broad SMARTS) is 3. The van der Waals surface area contributed by atoms with Crippen LogP contribution in [0.25, 0.3) is 0 Å². The summed E-state index contributed by atoms with van der Waals surface area (Å²) in [6, 6.07) is -5.30. The Morgan fingerprint density at radius 3 is 1.86 bits per heavy atom. The molecule has 0 saturated heterocycles. The molecular weight excluding hydrogens is 486 g/mol. The molecule has 0 heterocycles. The van der Waals surface area contributed by atoms with Gasteiger partial charge in [0.05, 0.1) is 12.5 Å². The average Bonchev–Trinajstić information content (AvgIpc) is 2.78. The highest BCUT2D eigenvalue weighted by atomic mass is 32.2. The maximum absolute atomic E-state index is 12.9. The Kier molecular flexibility index (Phi) is 16.1. The normalized spacial score (nSPS) is 14.1. The number of carboxylic acids is 3. The predicted octanol–water partition coefficient (Wildman–Crippen LogP) is -1.93. The third-order valence-corrected chi connectivity index (χ3v) is 5.47. The fourth-order valence-electron chi connectivity index (χ4n) is 2.87. The number of rotatable bonds is 19. The van der Waals surface area contributed by atoms with E-state index in [4.69, 9.17) is 21.7 Å². The van der Waals surface area contributed by atoms with Gasteiger partial charge in [-0.25, -0.2) is 4.79 Å². The first-order valence-electron chi connectivity index (χ1n) is 10.9. The van der Waals surface area contributed by atoms with E-state index in [1.54, 1.807) is 6.26 Å². The lowest BCUT2D eigenvalue weighted by molar-refractivity contribution is -0.144. The molecule has 35 heavy (non-hydrogen) atoms. The summed E-state index contributed by atoms with van der Waals surface area (Å²) >= 11 is 1.36. The number of amides is 3. The van der Waals surface area contributed by atoms with Crippen molar-refractivity contribution in [1.82, 2.24) is 16.0 Å². The molecule has 0 radical (unpaired) electrons. The average molecular weight is 522 g/mol. The van der Waals surface area contributed by atoms with E-state index in [1.807, 2.05) is 0 Å². The minimum absolute atomic E-state index is 0.0853. The van der Waals surface area contributed by atoms with Crippen molar-refractivity contribution in [2.45, 2.75) is 69.1 Å². The van der Waals surface area contributed by atoms with E-state index in [0.29, 0.717) is 25.1 Å². The lowest BCUT2D eigenvalue weighted by Gasteiger charge is -2.24. The zero-order valence-corrected chi connectivity index (χ0v) is 20.3. The number of nitrogens with two attached hydrogens (primary N) is 2. The predicted molar refractivity (Wildman–Crippen MR) is 126 cm³/mol. The highest BCUT2D eigenvalue weighted by Crippen LogP contribution is 2.06. The summed E-state index contributed by atoms with van der Waals surface area (Å²) < 4.78 is 0. The van der Waals surface area contributed by atoms with Crippen LogP contribution in [-0.4, -0.2) is 93.7 Å². The summed E-state index contributed by atoms with van der Waals surface area (Å²) in [5.74, 6) is -6.12. The molecule has 200 valence electrons. The fraction of sp³-hybridized carbons (Fsp3) is 0.700. The van der Waals surface area contributed by atoms with E-state index in [2.05, 4.69) is 16.0 Å². The second-order valence-electron chi connectivity index (χ2n) is 7.72. The smallest absolute Gasteiger partial charge is 0.326 e. The van der Waals surface area contributed by atoms with Gasteiger partial charge in [0.15, 0.2) is 0 Å². The Morgan fingerprint density at radius 2 is 1.34 bits per heavy atom. The first-order chi connectivity index (χ1) is 16.4. The van der Waals surface area contributed by atoms with Gasteiger partial charge in [0, 0.05) is 6.42 Å². The van der Waals surface area contributed by atoms with Crippen molar-refractivity contribution in [3.8, 4) is 0 Å². The maximum Gasteiger partial charge on any atom is 0.326 e. The van der Waals surface area contributed by atoms with Crippen molar-refractivity contribution in [3.63, 3.8) is 0 Å². The Bertz CT molecular complexity index is 752. The van der Waals surface area contributed by atoms with Gasteiger partial charge >= 0.3 is 17.9 Å².